The van der Waals surface area contributed by atoms with Gasteiger partial charge in [-0.1, -0.05) is 18.2 Å². The van der Waals surface area contributed by atoms with Gasteiger partial charge in [0, 0.05) is 13.1 Å². The number of carbonyl (C=O) groups is 1. The minimum Gasteiger partial charge on any atom is -0.444 e. The number of anilines is 1. The molecule has 3 rings (SSSR count). The molecule has 0 bridgehead atoms. The first-order valence-corrected chi connectivity index (χ1v) is 9.30. The first-order chi connectivity index (χ1) is 13.2. The summed E-state index contributed by atoms with van der Waals surface area (Å²) in [7, 11) is 0. The van der Waals surface area contributed by atoms with E-state index in [1.54, 1.807) is 12.1 Å². The van der Waals surface area contributed by atoms with Gasteiger partial charge >= 0.3 is 6.09 Å². The lowest BCUT2D eigenvalue weighted by Crippen LogP contribution is -2.40. The highest BCUT2D eigenvalue weighted by Crippen LogP contribution is 2.29. The van der Waals surface area contributed by atoms with E-state index in [1.807, 2.05) is 39.0 Å². The van der Waals surface area contributed by atoms with Gasteiger partial charge in [-0.3, -0.25) is 0 Å². The van der Waals surface area contributed by atoms with Gasteiger partial charge in [-0.05, 0) is 62.6 Å². The van der Waals surface area contributed by atoms with E-state index >= 15 is 0 Å². The summed E-state index contributed by atoms with van der Waals surface area (Å²) in [5.41, 5.74) is 2.58. The SMILES string of the molecule is CC(C)(C)OC(=O)NC1CCN(c2ccc(-c3ccc(F)cc3)cc2C#N)C1. The zero-order chi connectivity index (χ0) is 20.3. The highest BCUT2D eigenvalue weighted by Gasteiger charge is 2.27. The summed E-state index contributed by atoms with van der Waals surface area (Å²) >= 11 is 0. The van der Waals surface area contributed by atoms with Crippen LogP contribution in [0.4, 0.5) is 14.9 Å². The number of amides is 1. The van der Waals surface area contributed by atoms with E-state index in [0.29, 0.717) is 12.1 Å². The standard InChI is InChI=1S/C22H24FN3O2/c1-22(2,3)28-21(27)25-19-10-11-26(14-19)20-9-6-16(12-17(20)13-24)15-4-7-18(23)8-5-15/h4-9,12,19H,10-11,14H2,1-3H3,(H,25,27). The van der Waals surface area contributed by atoms with Crippen LogP contribution in [-0.2, 0) is 4.74 Å². The molecule has 146 valence electrons. The maximum Gasteiger partial charge on any atom is 0.407 e. The van der Waals surface area contributed by atoms with E-state index in [1.165, 1.54) is 12.1 Å². The predicted molar refractivity (Wildman–Crippen MR) is 107 cm³/mol. The van der Waals surface area contributed by atoms with Crippen LogP contribution in [0.2, 0.25) is 0 Å². The van der Waals surface area contributed by atoms with Crippen LogP contribution in [0.1, 0.15) is 32.8 Å². The number of benzene rings is 2. The molecule has 1 aliphatic heterocycles. The summed E-state index contributed by atoms with van der Waals surface area (Å²) in [6.45, 7) is 6.84. The number of carbonyl (C=O) groups excluding carboxylic acids is 1. The Morgan fingerprint density at radius 2 is 1.89 bits per heavy atom. The van der Waals surface area contributed by atoms with Crippen LogP contribution in [-0.4, -0.2) is 30.8 Å². The molecule has 2 aromatic rings. The van der Waals surface area contributed by atoms with Gasteiger partial charge in [0.25, 0.3) is 0 Å². The second-order valence-corrected chi connectivity index (χ2v) is 7.93. The first-order valence-electron chi connectivity index (χ1n) is 9.30. The van der Waals surface area contributed by atoms with Crippen molar-refractivity contribution in [1.82, 2.24) is 5.32 Å². The molecule has 1 atom stereocenters. The Morgan fingerprint density at radius 1 is 1.21 bits per heavy atom. The first kappa shape index (κ1) is 19.7. The third-order valence-corrected chi connectivity index (χ3v) is 4.54. The zero-order valence-corrected chi connectivity index (χ0v) is 16.3. The molecule has 1 amide bonds. The Kier molecular flexibility index (Phi) is 5.55. The molecular weight excluding hydrogens is 357 g/mol. The van der Waals surface area contributed by atoms with Gasteiger partial charge in [-0.25, -0.2) is 9.18 Å². The zero-order valence-electron chi connectivity index (χ0n) is 16.3. The normalized spacial score (nSPS) is 16.5. The highest BCUT2D eigenvalue weighted by atomic mass is 19.1. The fourth-order valence-electron chi connectivity index (χ4n) is 3.29. The maximum absolute atomic E-state index is 13.1. The van der Waals surface area contributed by atoms with E-state index in [0.717, 1.165) is 29.8 Å². The molecule has 28 heavy (non-hydrogen) atoms. The largest absolute Gasteiger partial charge is 0.444 e. The molecule has 1 unspecified atom stereocenters. The second kappa shape index (κ2) is 7.89. The molecule has 5 nitrogen and oxygen atoms in total. The lowest BCUT2D eigenvalue weighted by molar-refractivity contribution is 0.0509. The lowest BCUT2D eigenvalue weighted by Gasteiger charge is -2.23. The van der Waals surface area contributed by atoms with Crippen molar-refractivity contribution in [2.45, 2.75) is 38.8 Å². The smallest absolute Gasteiger partial charge is 0.407 e. The average molecular weight is 381 g/mol. The van der Waals surface area contributed by atoms with Crippen molar-refractivity contribution in [3.63, 3.8) is 0 Å². The Labute approximate surface area is 164 Å². The van der Waals surface area contributed by atoms with Crippen molar-refractivity contribution in [1.29, 1.82) is 5.26 Å². The van der Waals surface area contributed by atoms with Crippen molar-refractivity contribution in [3.8, 4) is 17.2 Å². The molecule has 0 radical (unpaired) electrons. The van der Waals surface area contributed by atoms with Crippen LogP contribution in [0.25, 0.3) is 11.1 Å². The Bertz CT molecular complexity index is 897. The third-order valence-electron chi connectivity index (χ3n) is 4.54. The molecule has 1 saturated heterocycles. The van der Waals surface area contributed by atoms with E-state index < -0.39 is 11.7 Å². The van der Waals surface area contributed by atoms with Gasteiger partial charge in [-0.2, -0.15) is 5.26 Å². The van der Waals surface area contributed by atoms with Gasteiger partial charge < -0.3 is 15.0 Å². The van der Waals surface area contributed by atoms with Crippen molar-refractivity contribution >= 4 is 11.8 Å². The molecule has 1 aliphatic rings. The van der Waals surface area contributed by atoms with Crippen molar-refractivity contribution < 1.29 is 13.9 Å². The van der Waals surface area contributed by atoms with Crippen LogP contribution in [0.15, 0.2) is 42.5 Å². The summed E-state index contributed by atoms with van der Waals surface area (Å²) in [6.07, 6.45) is 0.357. The minimum absolute atomic E-state index is 0.0295. The predicted octanol–water partition coefficient (Wildman–Crippen LogP) is 4.47. The minimum atomic E-state index is -0.535. The number of hydrogen-bond acceptors (Lipinski definition) is 4. The van der Waals surface area contributed by atoms with Crippen molar-refractivity contribution in [3.05, 3.63) is 53.8 Å². The Hall–Kier alpha value is -3.07. The fourth-order valence-corrected chi connectivity index (χ4v) is 3.29. The van der Waals surface area contributed by atoms with E-state index in [4.69, 9.17) is 4.74 Å². The molecule has 6 heteroatoms. The molecule has 1 N–H and O–H groups in total. The van der Waals surface area contributed by atoms with Crippen LogP contribution >= 0.6 is 0 Å². The summed E-state index contributed by atoms with van der Waals surface area (Å²) in [6, 6.07) is 14.1. The quantitative estimate of drug-likeness (QED) is 0.852. The fraction of sp³-hybridized carbons (Fsp3) is 0.364. The average Bonchev–Trinajstić information content (AvgIpc) is 3.08. The molecule has 0 saturated carbocycles. The molecule has 0 aliphatic carbocycles. The van der Waals surface area contributed by atoms with Crippen LogP contribution in [0.5, 0.6) is 0 Å². The van der Waals surface area contributed by atoms with E-state index in [9.17, 15) is 14.4 Å². The summed E-state index contributed by atoms with van der Waals surface area (Å²) < 4.78 is 18.4. The number of nitriles is 1. The van der Waals surface area contributed by atoms with Crippen LogP contribution < -0.4 is 10.2 Å². The number of ether oxygens (including phenoxy) is 1. The topological polar surface area (TPSA) is 65.4 Å². The highest BCUT2D eigenvalue weighted by molar-refractivity contribution is 5.72. The second-order valence-electron chi connectivity index (χ2n) is 7.93. The summed E-state index contributed by atoms with van der Waals surface area (Å²) in [4.78, 5) is 14.1. The number of nitrogens with zero attached hydrogens (tertiary/aromatic N) is 2. The molecule has 0 aromatic heterocycles. The molecule has 1 heterocycles. The number of nitrogens with one attached hydrogen (secondary N) is 1. The molecule has 0 spiro atoms. The number of rotatable bonds is 3. The van der Waals surface area contributed by atoms with Crippen molar-refractivity contribution in [2.75, 3.05) is 18.0 Å². The summed E-state index contributed by atoms with van der Waals surface area (Å²) in [5, 5.41) is 12.5. The molecule has 1 fully saturated rings. The number of hydrogen-bond donors (Lipinski definition) is 1. The summed E-state index contributed by atoms with van der Waals surface area (Å²) in [5.74, 6) is -0.290. The van der Waals surface area contributed by atoms with Crippen LogP contribution in [0, 0.1) is 17.1 Å². The van der Waals surface area contributed by atoms with Gasteiger partial charge in [0.15, 0.2) is 0 Å². The Morgan fingerprint density at radius 3 is 2.54 bits per heavy atom. The van der Waals surface area contributed by atoms with Crippen molar-refractivity contribution in [2.24, 2.45) is 0 Å². The monoisotopic (exact) mass is 381 g/mol. The number of alkyl carbamates (subject to hydrolysis) is 1. The molecular formula is C22H24FN3O2. The van der Waals surface area contributed by atoms with Gasteiger partial charge in [0.2, 0.25) is 0 Å². The molecule has 2 aromatic carbocycles. The maximum atomic E-state index is 13.1. The van der Waals surface area contributed by atoms with Gasteiger partial charge in [0.1, 0.15) is 17.5 Å². The van der Waals surface area contributed by atoms with E-state index in [2.05, 4.69) is 16.3 Å². The Balaban J connectivity index is 1.71. The van der Waals surface area contributed by atoms with Crippen LogP contribution in [0.3, 0.4) is 0 Å². The lowest BCUT2D eigenvalue weighted by atomic mass is 10.0. The van der Waals surface area contributed by atoms with Gasteiger partial charge in [0.05, 0.1) is 17.3 Å². The van der Waals surface area contributed by atoms with E-state index in [-0.39, 0.29) is 11.9 Å². The van der Waals surface area contributed by atoms with Gasteiger partial charge in [-0.15, -0.1) is 0 Å². The third kappa shape index (κ3) is 4.80. The number of halogens is 1.